The molecule has 28 heavy (non-hydrogen) atoms. The largest absolute Gasteiger partial charge is 0.358 e. The maximum atomic E-state index is 13.5. The first-order chi connectivity index (χ1) is 13.6. The number of carbonyl (C=O) groups is 2. The summed E-state index contributed by atoms with van der Waals surface area (Å²) in [6.45, 7) is 1.29. The Morgan fingerprint density at radius 1 is 1.07 bits per heavy atom. The summed E-state index contributed by atoms with van der Waals surface area (Å²) < 4.78 is 0. The van der Waals surface area contributed by atoms with Crippen molar-refractivity contribution in [3.8, 4) is 0 Å². The average Bonchev–Trinajstić information content (AvgIpc) is 3.25. The zero-order chi connectivity index (χ0) is 19.3. The third-order valence-corrected chi connectivity index (χ3v) is 6.24. The smallest absolute Gasteiger partial charge is 0.228 e. The summed E-state index contributed by atoms with van der Waals surface area (Å²) in [5, 5.41) is 1.19. The summed E-state index contributed by atoms with van der Waals surface area (Å²) in [6.07, 6.45) is 1.11. The molecule has 1 saturated heterocycles. The van der Waals surface area contributed by atoms with E-state index in [4.69, 9.17) is 0 Å². The third-order valence-electron chi connectivity index (χ3n) is 6.24. The SMILES string of the molecule is CN1C(=O)CC(C(=O)N2CCc3[nH]c4ccccc4c3C2)C1c1ccccc1. The lowest BCUT2D eigenvalue weighted by Gasteiger charge is -2.32. The zero-order valence-electron chi connectivity index (χ0n) is 15.9. The monoisotopic (exact) mass is 373 g/mol. The summed E-state index contributed by atoms with van der Waals surface area (Å²) in [5.41, 5.74) is 4.59. The number of aromatic nitrogens is 1. The Morgan fingerprint density at radius 3 is 2.64 bits per heavy atom. The van der Waals surface area contributed by atoms with E-state index in [-0.39, 0.29) is 30.2 Å². The predicted octanol–water partition coefficient (Wildman–Crippen LogP) is 3.27. The minimum absolute atomic E-state index is 0.0389. The number of aromatic amines is 1. The Kier molecular flexibility index (Phi) is 3.97. The standard InChI is InChI=1S/C23H23N3O2/c1-25-21(27)13-17(22(25)15-7-3-2-4-8-15)23(28)26-12-11-20-18(14-26)16-9-5-6-10-19(16)24-20/h2-10,17,22,24H,11-14H2,1H3. The molecule has 3 heterocycles. The molecule has 1 N–H and O–H groups in total. The number of likely N-dealkylation sites (tertiary alicyclic amines) is 1. The number of rotatable bonds is 2. The van der Waals surface area contributed by atoms with Crippen molar-refractivity contribution in [2.45, 2.75) is 25.4 Å². The highest BCUT2D eigenvalue weighted by molar-refractivity contribution is 5.91. The van der Waals surface area contributed by atoms with Gasteiger partial charge in [-0.25, -0.2) is 0 Å². The fourth-order valence-corrected chi connectivity index (χ4v) is 4.79. The highest BCUT2D eigenvalue weighted by Crippen LogP contribution is 2.39. The molecular weight excluding hydrogens is 350 g/mol. The first kappa shape index (κ1) is 17.0. The number of carbonyl (C=O) groups excluding carboxylic acids is 2. The molecule has 2 atom stereocenters. The molecule has 1 aromatic heterocycles. The molecule has 2 aliphatic rings. The van der Waals surface area contributed by atoms with Crippen LogP contribution in [-0.2, 0) is 22.6 Å². The fraction of sp³-hybridized carbons (Fsp3) is 0.304. The maximum absolute atomic E-state index is 13.5. The molecule has 3 aromatic rings. The van der Waals surface area contributed by atoms with E-state index in [2.05, 4.69) is 17.1 Å². The van der Waals surface area contributed by atoms with Crippen LogP contribution in [0, 0.1) is 5.92 Å². The van der Waals surface area contributed by atoms with Crippen molar-refractivity contribution in [3.63, 3.8) is 0 Å². The van der Waals surface area contributed by atoms with Gasteiger partial charge in [-0.3, -0.25) is 9.59 Å². The van der Waals surface area contributed by atoms with Gasteiger partial charge in [-0.05, 0) is 11.6 Å². The van der Waals surface area contributed by atoms with Crippen LogP contribution in [0.4, 0.5) is 0 Å². The lowest BCUT2D eigenvalue weighted by Crippen LogP contribution is -2.41. The molecule has 0 spiro atoms. The van der Waals surface area contributed by atoms with Gasteiger partial charge in [0, 0.05) is 55.1 Å². The summed E-state index contributed by atoms with van der Waals surface area (Å²) in [5.74, 6) is -0.203. The topological polar surface area (TPSA) is 56.4 Å². The van der Waals surface area contributed by atoms with Gasteiger partial charge in [-0.15, -0.1) is 0 Å². The molecule has 0 aliphatic carbocycles. The van der Waals surface area contributed by atoms with E-state index < -0.39 is 0 Å². The van der Waals surface area contributed by atoms with Crippen LogP contribution < -0.4 is 0 Å². The van der Waals surface area contributed by atoms with Crippen LogP contribution in [0.2, 0.25) is 0 Å². The molecule has 2 amide bonds. The van der Waals surface area contributed by atoms with Gasteiger partial charge in [0.05, 0.1) is 12.0 Å². The second-order valence-electron chi connectivity index (χ2n) is 7.81. The molecule has 0 bridgehead atoms. The molecule has 2 aromatic carbocycles. The second-order valence-corrected chi connectivity index (χ2v) is 7.81. The number of nitrogens with one attached hydrogen (secondary N) is 1. The zero-order valence-corrected chi connectivity index (χ0v) is 15.9. The van der Waals surface area contributed by atoms with Gasteiger partial charge in [0.1, 0.15) is 0 Å². The van der Waals surface area contributed by atoms with Crippen molar-refractivity contribution in [1.82, 2.24) is 14.8 Å². The molecule has 1 fully saturated rings. The minimum atomic E-state index is -0.327. The van der Waals surface area contributed by atoms with Crippen LogP contribution in [-0.4, -0.2) is 40.2 Å². The Hall–Kier alpha value is -3.08. The van der Waals surface area contributed by atoms with E-state index in [0.717, 1.165) is 17.5 Å². The minimum Gasteiger partial charge on any atom is -0.358 e. The average molecular weight is 373 g/mol. The quantitative estimate of drug-likeness (QED) is 0.750. The summed E-state index contributed by atoms with van der Waals surface area (Å²) in [4.78, 5) is 33.1. The number of hydrogen-bond donors (Lipinski definition) is 1. The molecule has 0 radical (unpaired) electrons. The number of hydrogen-bond acceptors (Lipinski definition) is 2. The molecule has 2 unspecified atom stereocenters. The van der Waals surface area contributed by atoms with Crippen LogP contribution in [0.3, 0.4) is 0 Å². The van der Waals surface area contributed by atoms with Gasteiger partial charge in [0.2, 0.25) is 11.8 Å². The van der Waals surface area contributed by atoms with E-state index in [9.17, 15) is 9.59 Å². The summed E-state index contributed by atoms with van der Waals surface area (Å²) >= 11 is 0. The van der Waals surface area contributed by atoms with Gasteiger partial charge < -0.3 is 14.8 Å². The van der Waals surface area contributed by atoms with Crippen molar-refractivity contribution in [2.24, 2.45) is 5.92 Å². The van der Waals surface area contributed by atoms with E-state index in [1.807, 2.05) is 47.4 Å². The van der Waals surface area contributed by atoms with E-state index in [1.165, 1.54) is 16.6 Å². The number of benzene rings is 2. The number of H-pyrrole nitrogens is 1. The molecule has 142 valence electrons. The van der Waals surface area contributed by atoms with E-state index in [0.29, 0.717) is 13.1 Å². The molecule has 5 rings (SSSR count). The number of fused-ring (bicyclic) bond motifs is 3. The molecular formula is C23H23N3O2. The fourth-order valence-electron chi connectivity index (χ4n) is 4.79. The third kappa shape index (κ3) is 2.61. The van der Waals surface area contributed by atoms with Gasteiger partial charge in [0.25, 0.3) is 0 Å². The molecule has 0 saturated carbocycles. The lowest BCUT2D eigenvalue weighted by atomic mass is 9.91. The van der Waals surface area contributed by atoms with Gasteiger partial charge >= 0.3 is 0 Å². The molecule has 5 heteroatoms. The van der Waals surface area contributed by atoms with Gasteiger partial charge in [-0.2, -0.15) is 0 Å². The lowest BCUT2D eigenvalue weighted by molar-refractivity contribution is -0.137. The highest BCUT2D eigenvalue weighted by Gasteiger charge is 2.44. The maximum Gasteiger partial charge on any atom is 0.228 e. The number of amides is 2. The van der Waals surface area contributed by atoms with Gasteiger partial charge in [0.15, 0.2) is 0 Å². The molecule has 2 aliphatic heterocycles. The summed E-state index contributed by atoms with van der Waals surface area (Å²) in [6, 6.07) is 18.0. The van der Waals surface area contributed by atoms with Gasteiger partial charge in [-0.1, -0.05) is 48.5 Å². The first-order valence-corrected chi connectivity index (χ1v) is 9.81. The van der Waals surface area contributed by atoms with Crippen molar-refractivity contribution < 1.29 is 9.59 Å². The normalized spacial score (nSPS) is 22.0. The van der Waals surface area contributed by atoms with Crippen LogP contribution in [0.5, 0.6) is 0 Å². The Balaban J connectivity index is 1.45. The van der Waals surface area contributed by atoms with E-state index in [1.54, 1.807) is 11.9 Å². The van der Waals surface area contributed by atoms with Crippen LogP contribution in [0.25, 0.3) is 10.9 Å². The van der Waals surface area contributed by atoms with E-state index >= 15 is 0 Å². The van der Waals surface area contributed by atoms with Crippen LogP contribution >= 0.6 is 0 Å². The first-order valence-electron chi connectivity index (χ1n) is 9.81. The Bertz CT molecular complexity index is 1060. The van der Waals surface area contributed by atoms with Crippen molar-refractivity contribution in [2.75, 3.05) is 13.6 Å². The Labute approximate surface area is 163 Å². The van der Waals surface area contributed by atoms with Crippen LogP contribution in [0.1, 0.15) is 29.3 Å². The Morgan fingerprint density at radius 2 is 1.82 bits per heavy atom. The van der Waals surface area contributed by atoms with Crippen LogP contribution in [0.15, 0.2) is 54.6 Å². The predicted molar refractivity (Wildman–Crippen MR) is 107 cm³/mol. The molecule has 5 nitrogen and oxygen atoms in total. The van der Waals surface area contributed by atoms with Crippen molar-refractivity contribution in [1.29, 1.82) is 0 Å². The highest BCUT2D eigenvalue weighted by atomic mass is 16.2. The number of para-hydroxylation sites is 1. The van der Waals surface area contributed by atoms with Crippen molar-refractivity contribution in [3.05, 3.63) is 71.4 Å². The second kappa shape index (κ2) is 6.51. The number of nitrogens with zero attached hydrogens (tertiary/aromatic N) is 2. The summed E-state index contributed by atoms with van der Waals surface area (Å²) in [7, 11) is 1.81. The van der Waals surface area contributed by atoms with Crippen molar-refractivity contribution >= 4 is 22.7 Å².